The first-order valence-corrected chi connectivity index (χ1v) is 5.72. The fourth-order valence-electron chi connectivity index (χ4n) is 2.08. The minimum atomic E-state index is 0.839. The standard InChI is InChI=1S/C15H14N2/c1-2-11-8-13-9-14(17-15(13)16-10-11)12-6-4-3-5-7-12/h2-9,16-17H,1,10H2. The second-order valence-corrected chi connectivity index (χ2v) is 4.16. The van der Waals surface area contributed by atoms with Gasteiger partial charge in [-0.05, 0) is 23.3 Å². The predicted octanol–water partition coefficient (Wildman–Crippen LogP) is 3.68. The molecule has 3 rings (SSSR count). The molecule has 0 saturated heterocycles. The third-order valence-corrected chi connectivity index (χ3v) is 3.01. The second-order valence-electron chi connectivity index (χ2n) is 4.16. The van der Waals surface area contributed by atoms with Crippen LogP contribution in [0.2, 0.25) is 0 Å². The second kappa shape index (κ2) is 3.98. The van der Waals surface area contributed by atoms with E-state index < -0.39 is 0 Å². The molecule has 0 unspecified atom stereocenters. The number of hydrogen-bond acceptors (Lipinski definition) is 1. The molecule has 0 bridgehead atoms. The largest absolute Gasteiger partial charge is 0.367 e. The van der Waals surface area contributed by atoms with Crippen LogP contribution in [0.1, 0.15) is 5.56 Å². The van der Waals surface area contributed by atoms with Gasteiger partial charge >= 0.3 is 0 Å². The van der Waals surface area contributed by atoms with Crippen molar-refractivity contribution in [3.05, 3.63) is 60.2 Å². The zero-order valence-electron chi connectivity index (χ0n) is 9.53. The van der Waals surface area contributed by atoms with Crippen molar-refractivity contribution >= 4 is 11.9 Å². The maximum Gasteiger partial charge on any atom is 0.111 e. The number of aromatic amines is 1. The molecule has 0 radical (unpaired) electrons. The van der Waals surface area contributed by atoms with Crippen molar-refractivity contribution in [2.75, 3.05) is 11.9 Å². The molecule has 2 heteroatoms. The Morgan fingerprint density at radius 2 is 2.00 bits per heavy atom. The highest BCUT2D eigenvalue weighted by Crippen LogP contribution is 2.29. The number of hydrogen-bond donors (Lipinski definition) is 2. The van der Waals surface area contributed by atoms with Crippen LogP contribution in [0.5, 0.6) is 0 Å². The summed E-state index contributed by atoms with van der Waals surface area (Å²) in [5.41, 5.74) is 4.77. The van der Waals surface area contributed by atoms with E-state index in [1.807, 2.05) is 24.3 Å². The SMILES string of the molecule is C=CC1=Cc2cc(-c3ccccc3)[nH]c2NC1. The van der Waals surface area contributed by atoms with Crippen molar-refractivity contribution in [1.29, 1.82) is 0 Å². The van der Waals surface area contributed by atoms with Crippen molar-refractivity contribution in [2.45, 2.75) is 0 Å². The van der Waals surface area contributed by atoms with E-state index in [4.69, 9.17) is 0 Å². The Bertz CT molecular complexity index is 576. The van der Waals surface area contributed by atoms with Gasteiger partial charge in [-0.1, -0.05) is 43.0 Å². The van der Waals surface area contributed by atoms with Crippen molar-refractivity contribution in [1.82, 2.24) is 4.98 Å². The molecule has 0 fully saturated rings. The number of fused-ring (bicyclic) bond motifs is 1. The summed E-state index contributed by atoms with van der Waals surface area (Å²) in [6, 6.07) is 12.5. The van der Waals surface area contributed by atoms with Crippen LogP contribution in [0.25, 0.3) is 17.3 Å². The summed E-state index contributed by atoms with van der Waals surface area (Å²) in [6.07, 6.45) is 4.06. The van der Waals surface area contributed by atoms with Gasteiger partial charge in [0.15, 0.2) is 0 Å². The fraction of sp³-hybridized carbons (Fsp3) is 0.0667. The van der Waals surface area contributed by atoms with Crippen molar-refractivity contribution in [3.63, 3.8) is 0 Å². The minimum absolute atomic E-state index is 0.839. The smallest absolute Gasteiger partial charge is 0.111 e. The highest BCUT2D eigenvalue weighted by atomic mass is 15.0. The quantitative estimate of drug-likeness (QED) is 0.797. The van der Waals surface area contributed by atoms with Gasteiger partial charge in [0.2, 0.25) is 0 Å². The normalized spacial score (nSPS) is 13.5. The zero-order valence-corrected chi connectivity index (χ0v) is 9.53. The monoisotopic (exact) mass is 222 g/mol. The first kappa shape index (κ1) is 9.97. The third kappa shape index (κ3) is 1.78. The maximum absolute atomic E-state index is 3.80. The van der Waals surface area contributed by atoms with Crippen molar-refractivity contribution in [2.24, 2.45) is 0 Å². The number of rotatable bonds is 2. The Labute approximate surface area is 101 Å². The summed E-state index contributed by atoms with van der Waals surface area (Å²) in [5.74, 6) is 1.09. The van der Waals surface area contributed by atoms with Gasteiger partial charge in [0.25, 0.3) is 0 Å². The van der Waals surface area contributed by atoms with Crippen LogP contribution in [-0.2, 0) is 0 Å². The molecule has 17 heavy (non-hydrogen) atoms. The fourth-order valence-corrected chi connectivity index (χ4v) is 2.08. The number of nitrogens with one attached hydrogen (secondary N) is 2. The topological polar surface area (TPSA) is 27.8 Å². The Morgan fingerprint density at radius 1 is 1.18 bits per heavy atom. The Hall–Kier alpha value is -2.22. The molecule has 0 amide bonds. The number of benzene rings is 1. The third-order valence-electron chi connectivity index (χ3n) is 3.01. The molecule has 2 aromatic rings. The average Bonchev–Trinajstić information content (AvgIpc) is 2.82. The highest BCUT2D eigenvalue weighted by molar-refractivity contribution is 5.77. The van der Waals surface area contributed by atoms with Gasteiger partial charge in [-0.15, -0.1) is 0 Å². The summed E-state index contributed by atoms with van der Waals surface area (Å²) in [6.45, 7) is 4.64. The molecule has 84 valence electrons. The molecule has 0 aliphatic carbocycles. The number of anilines is 1. The van der Waals surface area contributed by atoms with Gasteiger partial charge in [-0.25, -0.2) is 0 Å². The van der Waals surface area contributed by atoms with Gasteiger partial charge in [0.05, 0.1) is 0 Å². The van der Waals surface area contributed by atoms with Crippen LogP contribution in [-0.4, -0.2) is 11.5 Å². The molecule has 0 saturated carbocycles. The van der Waals surface area contributed by atoms with Crippen LogP contribution in [0.15, 0.2) is 54.6 Å². The Balaban J connectivity index is 2.04. The predicted molar refractivity (Wildman–Crippen MR) is 72.9 cm³/mol. The average molecular weight is 222 g/mol. The molecule has 0 atom stereocenters. The molecule has 1 aliphatic heterocycles. The lowest BCUT2D eigenvalue weighted by atomic mass is 10.1. The van der Waals surface area contributed by atoms with E-state index in [2.05, 4.69) is 41.2 Å². The summed E-state index contributed by atoms with van der Waals surface area (Å²) < 4.78 is 0. The minimum Gasteiger partial charge on any atom is -0.367 e. The van der Waals surface area contributed by atoms with E-state index in [0.29, 0.717) is 0 Å². The van der Waals surface area contributed by atoms with Crippen LogP contribution in [0, 0.1) is 0 Å². The molecule has 2 heterocycles. The van der Waals surface area contributed by atoms with E-state index in [1.54, 1.807) is 0 Å². The Kier molecular flexibility index (Phi) is 2.33. The van der Waals surface area contributed by atoms with Gasteiger partial charge < -0.3 is 10.3 Å². The van der Waals surface area contributed by atoms with E-state index in [0.717, 1.165) is 18.1 Å². The van der Waals surface area contributed by atoms with E-state index in [-0.39, 0.29) is 0 Å². The molecule has 0 spiro atoms. The van der Waals surface area contributed by atoms with Gasteiger partial charge in [-0.2, -0.15) is 0 Å². The van der Waals surface area contributed by atoms with E-state index in [9.17, 15) is 0 Å². The van der Waals surface area contributed by atoms with Gasteiger partial charge in [-0.3, -0.25) is 0 Å². The zero-order chi connectivity index (χ0) is 11.7. The van der Waals surface area contributed by atoms with Crippen LogP contribution in [0.4, 0.5) is 5.82 Å². The van der Waals surface area contributed by atoms with Crippen LogP contribution < -0.4 is 5.32 Å². The lowest BCUT2D eigenvalue weighted by molar-refractivity contribution is 1.21. The van der Waals surface area contributed by atoms with Crippen LogP contribution >= 0.6 is 0 Å². The molecular weight excluding hydrogens is 208 g/mol. The van der Waals surface area contributed by atoms with Gasteiger partial charge in [0, 0.05) is 17.8 Å². The summed E-state index contributed by atoms with van der Waals surface area (Å²) in [5, 5.41) is 3.36. The summed E-state index contributed by atoms with van der Waals surface area (Å²) >= 11 is 0. The van der Waals surface area contributed by atoms with Crippen molar-refractivity contribution in [3.8, 4) is 11.3 Å². The number of aromatic nitrogens is 1. The molecule has 1 aromatic carbocycles. The number of H-pyrrole nitrogens is 1. The van der Waals surface area contributed by atoms with Crippen molar-refractivity contribution < 1.29 is 0 Å². The molecular formula is C15H14N2. The lowest BCUT2D eigenvalue weighted by Crippen LogP contribution is -2.08. The first-order valence-electron chi connectivity index (χ1n) is 5.72. The highest BCUT2D eigenvalue weighted by Gasteiger charge is 2.11. The summed E-state index contributed by atoms with van der Waals surface area (Å²) in [7, 11) is 0. The summed E-state index contributed by atoms with van der Waals surface area (Å²) in [4.78, 5) is 3.40. The molecule has 2 N–H and O–H groups in total. The molecule has 1 aromatic heterocycles. The van der Waals surface area contributed by atoms with E-state index >= 15 is 0 Å². The Morgan fingerprint density at radius 3 is 2.76 bits per heavy atom. The lowest BCUT2D eigenvalue weighted by Gasteiger charge is -2.12. The van der Waals surface area contributed by atoms with E-state index in [1.165, 1.54) is 16.7 Å². The first-order chi connectivity index (χ1) is 8.36. The molecule has 1 aliphatic rings. The van der Waals surface area contributed by atoms with Gasteiger partial charge in [0.1, 0.15) is 5.82 Å². The van der Waals surface area contributed by atoms with Crippen LogP contribution in [0.3, 0.4) is 0 Å². The molecule has 2 nitrogen and oxygen atoms in total. The maximum atomic E-state index is 3.80.